The van der Waals surface area contributed by atoms with Gasteiger partial charge in [-0.25, -0.2) is 4.79 Å². The smallest absolute Gasteiger partial charge is 0.338 e. The molecule has 0 saturated carbocycles. The summed E-state index contributed by atoms with van der Waals surface area (Å²) in [5.41, 5.74) is 4.86. The van der Waals surface area contributed by atoms with E-state index in [9.17, 15) is 19.2 Å². The molecule has 0 radical (unpaired) electrons. The number of benzene rings is 2. The van der Waals surface area contributed by atoms with Crippen molar-refractivity contribution in [3.8, 4) is 5.69 Å². The molecule has 1 fully saturated rings. The van der Waals surface area contributed by atoms with Crippen LogP contribution in [0.15, 0.2) is 54.6 Å². The van der Waals surface area contributed by atoms with Gasteiger partial charge >= 0.3 is 5.97 Å². The topological polar surface area (TPSA) is 85.7 Å². The van der Waals surface area contributed by atoms with Crippen LogP contribution in [-0.2, 0) is 14.3 Å². The molecule has 3 aromatic rings. The number of imide groups is 1. The van der Waals surface area contributed by atoms with E-state index in [-0.39, 0.29) is 36.0 Å². The Kier molecular flexibility index (Phi) is 6.69. The van der Waals surface area contributed by atoms with Crippen LogP contribution in [0.4, 0.5) is 5.69 Å². The molecule has 0 bridgehead atoms. The van der Waals surface area contributed by atoms with Crippen LogP contribution in [0.5, 0.6) is 0 Å². The average Bonchev–Trinajstić information content (AvgIpc) is 3.34. The summed E-state index contributed by atoms with van der Waals surface area (Å²) >= 11 is 0. The highest BCUT2D eigenvalue weighted by molar-refractivity contribution is 6.20. The minimum Gasteiger partial charge on any atom is -0.454 e. The highest BCUT2D eigenvalue weighted by Crippen LogP contribution is 2.25. The molecule has 0 aliphatic carbocycles. The number of anilines is 1. The zero-order valence-corrected chi connectivity index (χ0v) is 20.3. The maximum Gasteiger partial charge on any atom is 0.338 e. The third-order valence-corrected chi connectivity index (χ3v) is 6.28. The summed E-state index contributed by atoms with van der Waals surface area (Å²) in [7, 11) is 0. The highest BCUT2D eigenvalue weighted by atomic mass is 16.5. The Morgan fingerprint density at radius 1 is 0.914 bits per heavy atom. The van der Waals surface area contributed by atoms with Crippen LogP contribution in [0.25, 0.3) is 5.69 Å². The van der Waals surface area contributed by atoms with Crippen LogP contribution in [0, 0.1) is 13.8 Å². The summed E-state index contributed by atoms with van der Waals surface area (Å²) in [4.78, 5) is 50.6. The van der Waals surface area contributed by atoms with Crippen molar-refractivity contribution in [2.45, 2.75) is 46.5 Å². The van der Waals surface area contributed by atoms with Gasteiger partial charge in [0.1, 0.15) is 0 Å². The summed E-state index contributed by atoms with van der Waals surface area (Å²) in [6.45, 7) is 7.66. The molecule has 0 unspecified atom stereocenters. The average molecular weight is 473 g/mol. The molecule has 7 nitrogen and oxygen atoms in total. The van der Waals surface area contributed by atoms with E-state index >= 15 is 0 Å². The molecule has 0 N–H and O–H groups in total. The number of aromatic nitrogens is 1. The van der Waals surface area contributed by atoms with Gasteiger partial charge in [-0.1, -0.05) is 32.0 Å². The fraction of sp³-hybridized carbons (Fsp3) is 0.286. The molecule has 1 aliphatic rings. The second kappa shape index (κ2) is 9.70. The summed E-state index contributed by atoms with van der Waals surface area (Å²) < 4.78 is 7.29. The lowest BCUT2D eigenvalue weighted by Gasteiger charge is -2.14. The van der Waals surface area contributed by atoms with Gasteiger partial charge in [-0.2, -0.15) is 0 Å². The van der Waals surface area contributed by atoms with Gasteiger partial charge in [0.15, 0.2) is 6.61 Å². The Morgan fingerprint density at radius 2 is 1.57 bits per heavy atom. The lowest BCUT2D eigenvalue weighted by molar-refractivity contribution is -0.121. The SMILES string of the molecule is Cc1cc(C(=O)COC(=O)c2cccc(N3C(=O)CCC3=O)c2)c(C)n1-c1ccc(C(C)C)cc1. The van der Waals surface area contributed by atoms with Crippen molar-refractivity contribution < 1.29 is 23.9 Å². The number of ether oxygens (including phenoxy) is 1. The summed E-state index contributed by atoms with van der Waals surface area (Å²) in [6, 6.07) is 16.1. The number of aryl methyl sites for hydroxylation is 1. The van der Waals surface area contributed by atoms with Gasteiger partial charge in [0.05, 0.1) is 11.3 Å². The van der Waals surface area contributed by atoms with E-state index in [1.165, 1.54) is 17.7 Å². The zero-order valence-electron chi connectivity index (χ0n) is 20.3. The maximum atomic E-state index is 12.9. The number of Topliss-reactive ketones (excluding diaryl/α,β-unsaturated/α-hetero) is 1. The first-order chi connectivity index (χ1) is 16.7. The Labute approximate surface area is 204 Å². The molecule has 180 valence electrons. The first-order valence-electron chi connectivity index (χ1n) is 11.6. The lowest BCUT2D eigenvalue weighted by Crippen LogP contribution is -2.28. The normalized spacial score (nSPS) is 13.6. The van der Waals surface area contributed by atoms with Gasteiger partial charge < -0.3 is 9.30 Å². The van der Waals surface area contributed by atoms with E-state index in [0.717, 1.165) is 22.0 Å². The Balaban J connectivity index is 1.47. The van der Waals surface area contributed by atoms with Crippen LogP contribution in [-0.4, -0.2) is 34.7 Å². The zero-order chi connectivity index (χ0) is 25.3. The van der Waals surface area contributed by atoms with Gasteiger partial charge in [0.2, 0.25) is 17.6 Å². The third kappa shape index (κ3) is 4.80. The Morgan fingerprint density at radius 3 is 2.20 bits per heavy atom. The number of carbonyl (C=O) groups excluding carboxylic acids is 4. The fourth-order valence-electron chi connectivity index (χ4n) is 4.38. The molecule has 2 amide bonds. The molecule has 1 aliphatic heterocycles. The molecule has 0 spiro atoms. The lowest BCUT2D eigenvalue weighted by atomic mass is 10.0. The molecule has 7 heteroatoms. The molecule has 2 heterocycles. The van der Waals surface area contributed by atoms with E-state index < -0.39 is 12.6 Å². The number of ketones is 1. The largest absolute Gasteiger partial charge is 0.454 e. The van der Waals surface area contributed by atoms with E-state index in [0.29, 0.717) is 17.2 Å². The van der Waals surface area contributed by atoms with Crippen molar-refractivity contribution in [3.05, 3.63) is 82.7 Å². The minimum absolute atomic E-state index is 0.155. The fourth-order valence-corrected chi connectivity index (χ4v) is 4.38. The van der Waals surface area contributed by atoms with E-state index in [1.807, 2.05) is 30.5 Å². The van der Waals surface area contributed by atoms with Crippen molar-refractivity contribution >= 4 is 29.3 Å². The van der Waals surface area contributed by atoms with E-state index in [1.54, 1.807) is 18.2 Å². The molecular weight excluding hydrogens is 444 g/mol. The van der Waals surface area contributed by atoms with Crippen LogP contribution >= 0.6 is 0 Å². The molecule has 4 rings (SSSR count). The summed E-state index contributed by atoms with van der Waals surface area (Å²) in [5, 5.41) is 0. The van der Waals surface area contributed by atoms with Crippen molar-refractivity contribution in [1.82, 2.24) is 4.57 Å². The second-order valence-corrected chi connectivity index (χ2v) is 9.04. The molecule has 0 atom stereocenters. The van der Waals surface area contributed by atoms with Crippen molar-refractivity contribution in [3.63, 3.8) is 0 Å². The van der Waals surface area contributed by atoms with Gasteiger partial charge in [0, 0.05) is 35.5 Å². The summed E-state index contributed by atoms with van der Waals surface area (Å²) in [6.07, 6.45) is 0.310. The molecule has 2 aromatic carbocycles. The Bertz CT molecular complexity index is 1300. The van der Waals surface area contributed by atoms with E-state index in [2.05, 4.69) is 26.0 Å². The van der Waals surface area contributed by atoms with E-state index in [4.69, 9.17) is 4.74 Å². The second-order valence-electron chi connectivity index (χ2n) is 9.04. The summed E-state index contributed by atoms with van der Waals surface area (Å²) in [5.74, 6) is -1.18. The number of hydrogen-bond acceptors (Lipinski definition) is 5. The van der Waals surface area contributed by atoms with Crippen LogP contribution in [0.1, 0.15) is 70.3 Å². The van der Waals surface area contributed by atoms with Gasteiger partial charge in [-0.05, 0) is 61.7 Å². The minimum atomic E-state index is -0.697. The number of nitrogens with zero attached hydrogens (tertiary/aromatic N) is 2. The Hall–Kier alpha value is -4.00. The van der Waals surface area contributed by atoms with Crippen LogP contribution in [0.3, 0.4) is 0 Å². The van der Waals surface area contributed by atoms with Gasteiger partial charge in [0.25, 0.3) is 0 Å². The standard InChI is InChI=1S/C28H28N2O5/c1-17(2)20-8-10-22(11-9-20)29-18(3)14-24(19(29)4)25(31)16-35-28(34)21-6-5-7-23(15-21)30-26(32)12-13-27(30)33/h5-11,14-15,17H,12-13,16H2,1-4H3. The monoisotopic (exact) mass is 472 g/mol. The van der Waals surface area contributed by atoms with Crippen molar-refractivity contribution in [1.29, 1.82) is 0 Å². The number of esters is 1. The van der Waals surface area contributed by atoms with Gasteiger partial charge in [-0.3, -0.25) is 19.3 Å². The maximum absolute atomic E-state index is 12.9. The number of rotatable bonds is 7. The van der Waals surface area contributed by atoms with Crippen molar-refractivity contribution in [2.24, 2.45) is 0 Å². The third-order valence-electron chi connectivity index (χ3n) is 6.28. The molecular formula is C28H28N2O5. The van der Waals surface area contributed by atoms with Crippen molar-refractivity contribution in [2.75, 3.05) is 11.5 Å². The van der Waals surface area contributed by atoms with Crippen LogP contribution < -0.4 is 4.90 Å². The molecule has 1 aromatic heterocycles. The highest BCUT2D eigenvalue weighted by Gasteiger charge is 2.30. The van der Waals surface area contributed by atoms with Crippen LogP contribution in [0.2, 0.25) is 0 Å². The molecule has 35 heavy (non-hydrogen) atoms. The van der Waals surface area contributed by atoms with Gasteiger partial charge in [-0.15, -0.1) is 0 Å². The quantitative estimate of drug-likeness (QED) is 0.277. The first kappa shape index (κ1) is 24.1. The first-order valence-corrected chi connectivity index (χ1v) is 11.6. The number of carbonyl (C=O) groups is 4. The predicted molar refractivity (Wildman–Crippen MR) is 132 cm³/mol. The number of amides is 2. The number of hydrogen-bond donors (Lipinski definition) is 0. The predicted octanol–water partition coefficient (Wildman–Crippen LogP) is 4.91. The molecule has 1 saturated heterocycles.